The van der Waals surface area contributed by atoms with Crippen LogP contribution in [0.25, 0.3) is 10.9 Å². The molecule has 0 N–H and O–H groups in total. The van der Waals surface area contributed by atoms with Crippen LogP contribution in [0.15, 0.2) is 42.5 Å². The number of aromatic nitrogens is 1. The SMILES string of the molecule is COc1cccc2c(C)cc(N3CCN(C(=O)c4ccc5c(c4)C(=O)CC(C)(C)O5)CC3)nc12. The Morgan fingerprint density at radius 3 is 2.59 bits per heavy atom. The Labute approximate surface area is 199 Å². The molecule has 7 heteroatoms. The van der Waals surface area contributed by atoms with E-state index in [9.17, 15) is 9.59 Å². The number of methoxy groups -OCH3 is 1. The van der Waals surface area contributed by atoms with Gasteiger partial charge in [-0.25, -0.2) is 4.98 Å². The van der Waals surface area contributed by atoms with E-state index >= 15 is 0 Å². The normalized spacial score (nSPS) is 17.4. The van der Waals surface area contributed by atoms with Crippen LogP contribution in [0.5, 0.6) is 11.5 Å². The van der Waals surface area contributed by atoms with Crippen LogP contribution < -0.4 is 14.4 Å². The number of fused-ring (bicyclic) bond motifs is 2. The van der Waals surface area contributed by atoms with Gasteiger partial charge in [-0.2, -0.15) is 0 Å². The Kier molecular flexibility index (Phi) is 5.42. The maximum Gasteiger partial charge on any atom is 0.254 e. The molecule has 5 rings (SSSR count). The minimum atomic E-state index is -0.523. The molecule has 1 amide bonds. The standard InChI is InChI=1S/C27H29N3O4/c1-17-14-24(28-25-19(17)6-5-7-23(25)33-4)29-10-12-30(13-11-29)26(32)18-8-9-22-20(15-18)21(31)16-27(2,3)34-22/h5-9,14-15H,10-13,16H2,1-4H3. The Morgan fingerprint density at radius 1 is 1.09 bits per heavy atom. The molecule has 0 atom stereocenters. The molecule has 2 aliphatic rings. The predicted octanol–water partition coefficient (Wildman–Crippen LogP) is 4.26. The van der Waals surface area contributed by atoms with Crippen molar-refractivity contribution in [3.63, 3.8) is 0 Å². The number of Topliss-reactive ketones (excluding diaryl/α,β-unsaturated/α-hetero) is 1. The van der Waals surface area contributed by atoms with E-state index in [0.717, 1.165) is 28.0 Å². The predicted molar refractivity (Wildman–Crippen MR) is 131 cm³/mol. The maximum atomic E-state index is 13.2. The number of aryl methyl sites for hydroxylation is 1. The van der Waals surface area contributed by atoms with Crippen molar-refractivity contribution in [3.8, 4) is 11.5 Å². The number of benzene rings is 2. The Hall–Kier alpha value is -3.61. The zero-order chi connectivity index (χ0) is 24.0. The van der Waals surface area contributed by atoms with E-state index in [1.165, 1.54) is 0 Å². The molecule has 3 aromatic rings. The van der Waals surface area contributed by atoms with Gasteiger partial charge in [0.1, 0.15) is 28.4 Å². The quantitative estimate of drug-likeness (QED) is 0.583. The third-order valence-corrected chi connectivity index (χ3v) is 6.61. The van der Waals surface area contributed by atoms with Gasteiger partial charge in [0.05, 0.1) is 19.1 Å². The molecular formula is C27H29N3O4. The van der Waals surface area contributed by atoms with Gasteiger partial charge < -0.3 is 19.3 Å². The molecular weight excluding hydrogens is 430 g/mol. The molecule has 1 aromatic heterocycles. The smallest absolute Gasteiger partial charge is 0.254 e. The monoisotopic (exact) mass is 459 g/mol. The molecule has 0 saturated carbocycles. The van der Waals surface area contributed by atoms with E-state index in [-0.39, 0.29) is 11.7 Å². The molecule has 0 radical (unpaired) electrons. The number of rotatable bonds is 3. The number of ether oxygens (including phenoxy) is 2. The van der Waals surface area contributed by atoms with Gasteiger partial charge in [-0.3, -0.25) is 9.59 Å². The third-order valence-electron chi connectivity index (χ3n) is 6.61. The summed E-state index contributed by atoms with van der Waals surface area (Å²) in [5, 5.41) is 1.08. The first-order valence-electron chi connectivity index (χ1n) is 11.6. The highest BCUT2D eigenvalue weighted by Crippen LogP contribution is 2.34. The van der Waals surface area contributed by atoms with Gasteiger partial charge in [-0.05, 0) is 56.7 Å². The number of hydrogen-bond acceptors (Lipinski definition) is 6. The summed E-state index contributed by atoms with van der Waals surface area (Å²) in [7, 11) is 1.66. The van der Waals surface area contributed by atoms with Crippen LogP contribution in [0.3, 0.4) is 0 Å². The van der Waals surface area contributed by atoms with E-state index in [0.29, 0.717) is 49.5 Å². The van der Waals surface area contributed by atoms with Crippen molar-refractivity contribution < 1.29 is 19.1 Å². The van der Waals surface area contributed by atoms with Gasteiger partial charge in [0.15, 0.2) is 5.78 Å². The fraction of sp³-hybridized carbons (Fsp3) is 0.370. The molecule has 1 fully saturated rings. The molecule has 2 aromatic carbocycles. The van der Waals surface area contributed by atoms with Gasteiger partial charge in [-0.1, -0.05) is 12.1 Å². The first-order valence-corrected chi connectivity index (χ1v) is 11.6. The van der Waals surface area contributed by atoms with Crippen molar-refractivity contribution in [2.24, 2.45) is 0 Å². The van der Waals surface area contributed by atoms with Gasteiger partial charge in [0, 0.05) is 37.1 Å². The highest BCUT2D eigenvalue weighted by molar-refractivity contribution is 6.03. The summed E-state index contributed by atoms with van der Waals surface area (Å²) in [4.78, 5) is 34.7. The van der Waals surface area contributed by atoms with Crippen LogP contribution in [0.4, 0.5) is 5.82 Å². The molecule has 1 saturated heterocycles. The Balaban J connectivity index is 1.32. The number of anilines is 1. The first-order chi connectivity index (χ1) is 16.3. The summed E-state index contributed by atoms with van der Waals surface area (Å²) in [6, 6.07) is 13.2. The van der Waals surface area contributed by atoms with Crippen molar-refractivity contribution in [2.45, 2.75) is 32.8 Å². The minimum Gasteiger partial charge on any atom is -0.494 e. The molecule has 7 nitrogen and oxygen atoms in total. The summed E-state index contributed by atoms with van der Waals surface area (Å²) in [6.07, 6.45) is 0.305. The Morgan fingerprint density at radius 2 is 1.85 bits per heavy atom. The number of para-hydroxylation sites is 1. The molecule has 0 aliphatic carbocycles. The summed E-state index contributed by atoms with van der Waals surface area (Å²) in [5.74, 6) is 2.14. The topological polar surface area (TPSA) is 72.0 Å². The molecule has 2 aliphatic heterocycles. The lowest BCUT2D eigenvalue weighted by Gasteiger charge is -2.36. The third kappa shape index (κ3) is 3.95. The van der Waals surface area contributed by atoms with Gasteiger partial charge in [0.2, 0.25) is 0 Å². The Bertz CT molecular complexity index is 1290. The molecule has 176 valence electrons. The summed E-state index contributed by atoms with van der Waals surface area (Å²) < 4.78 is 11.4. The van der Waals surface area contributed by atoms with Crippen LogP contribution in [0.2, 0.25) is 0 Å². The fourth-order valence-electron chi connectivity index (χ4n) is 4.81. The van der Waals surface area contributed by atoms with Crippen LogP contribution in [0, 0.1) is 6.92 Å². The second-order valence-electron chi connectivity index (χ2n) is 9.61. The molecule has 0 unspecified atom stereocenters. The maximum absolute atomic E-state index is 13.2. The average Bonchev–Trinajstić information content (AvgIpc) is 2.82. The summed E-state index contributed by atoms with van der Waals surface area (Å²) in [5.41, 5.74) is 2.48. The largest absolute Gasteiger partial charge is 0.494 e. The van der Waals surface area contributed by atoms with Gasteiger partial charge in [0.25, 0.3) is 5.91 Å². The zero-order valence-corrected chi connectivity index (χ0v) is 20.1. The van der Waals surface area contributed by atoms with Gasteiger partial charge >= 0.3 is 0 Å². The first kappa shape index (κ1) is 22.2. The summed E-state index contributed by atoms with van der Waals surface area (Å²) >= 11 is 0. The van der Waals surface area contributed by atoms with Crippen LogP contribution in [-0.2, 0) is 0 Å². The van der Waals surface area contributed by atoms with E-state index in [4.69, 9.17) is 14.5 Å². The van der Waals surface area contributed by atoms with Crippen LogP contribution >= 0.6 is 0 Å². The average molecular weight is 460 g/mol. The number of piperazine rings is 1. The highest BCUT2D eigenvalue weighted by Gasteiger charge is 2.33. The molecule has 3 heterocycles. The van der Waals surface area contributed by atoms with E-state index in [1.54, 1.807) is 25.3 Å². The zero-order valence-electron chi connectivity index (χ0n) is 20.1. The number of pyridine rings is 1. The number of hydrogen-bond donors (Lipinski definition) is 0. The minimum absolute atomic E-state index is 0.0129. The van der Waals surface area contributed by atoms with Crippen molar-refractivity contribution >= 4 is 28.4 Å². The second-order valence-corrected chi connectivity index (χ2v) is 9.61. The number of carbonyl (C=O) groups excluding carboxylic acids is 2. The molecule has 0 spiro atoms. The van der Waals surface area contributed by atoms with Gasteiger partial charge in [-0.15, -0.1) is 0 Å². The van der Waals surface area contributed by atoms with Crippen LogP contribution in [0.1, 0.15) is 46.5 Å². The van der Waals surface area contributed by atoms with E-state index in [2.05, 4.69) is 24.0 Å². The highest BCUT2D eigenvalue weighted by atomic mass is 16.5. The van der Waals surface area contributed by atoms with Crippen molar-refractivity contribution in [1.82, 2.24) is 9.88 Å². The lowest BCUT2D eigenvalue weighted by atomic mass is 9.92. The summed E-state index contributed by atoms with van der Waals surface area (Å²) in [6.45, 7) is 8.40. The van der Waals surface area contributed by atoms with Crippen molar-refractivity contribution in [3.05, 3.63) is 59.2 Å². The van der Waals surface area contributed by atoms with Crippen molar-refractivity contribution in [1.29, 1.82) is 0 Å². The molecule has 34 heavy (non-hydrogen) atoms. The molecule has 0 bridgehead atoms. The number of ketones is 1. The van der Waals surface area contributed by atoms with E-state index < -0.39 is 5.60 Å². The van der Waals surface area contributed by atoms with Crippen LogP contribution in [-0.4, -0.2) is 60.5 Å². The lowest BCUT2D eigenvalue weighted by Crippen LogP contribution is -2.49. The second kappa shape index (κ2) is 8.31. The fourth-order valence-corrected chi connectivity index (χ4v) is 4.81. The number of carbonyl (C=O) groups is 2. The van der Waals surface area contributed by atoms with E-state index in [1.807, 2.05) is 30.9 Å². The lowest BCUT2D eigenvalue weighted by molar-refractivity contribution is 0.0619. The van der Waals surface area contributed by atoms with Crippen molar-refractivity contribution in [2.75, 3.05) is 38.2 Å². The number of amides is 1. The number of nitrogens with zero attached hydrogens (tertiary/aromatic N) is 3.